The summed E-state index contributed by atoms with van der Waals surface area (Å²) in [6, 6.07) is 0.601. The van der Waals surface area contributed by atoms with Crippen molar-refractivity contribution in [3.63, 3.8) is 0 Å². The molecule has 0 spiro atoms. The lowest BCUT2D eigenvalue weighted by Gasteiger charge is -2.42. The Balaban J connectivity index is 2.31. The van der Waals surface area contributed by atoms with Crippen LogP contribution in [0.1, 0.15) is 26.7 Å². The van der Waals surface area contributed by atoms with Gasteiger partial charge in [0.15, 0.2) is 0 Å². The lowest BCUT2D eigenvalue weighted by Crippen LogP contribution is -2.58. The van der Waals surface area contributed by atoms with Gasteiger partial charge in [0.05, 0.1) is 0 Å². The highest BCUT2D eigenvalue weighted by atomic mass is 16.4. The van der Waals surface area contributed by atoms with Crippen LogP contribution in [0.5, 0.6) is 0 Å². The van der Waals surface area contributed by atoms with Gasteiger partial charge in [-0.1, -0.05) is 0 Å². The van der Waals surface area contributed by atoms with E-state index in [1.54, 1.807) is 4.90 Å². The van der Waals surface area contributed by atoms with Crippen LogP contribution in [0.25, 0.3) is 0 Å². The maximum absolute atomic E-state index is 11.9. The number of hydrogen-bond donors (Lipinski definition) is 2. The molecule has 2 N–H and O–H groups in total. The van der Waals surface area contributed by atoms with Crippen molar-refractivity contribution in [3.8, 4) is 0 Å². The lowest BCUT2D eigenvalue weighted by molar-refractivity contribution is -0.137. The van der Waals surface area contributed by atoms with Gasteiger partial charge in [-0.25, -0.2) is 4.79 Å². The molecule has 104 valence electrons. The molecule has 0 saturated carbocycles. The smallest absolute Gasteiger partial charge is 0.317 e. The number of aliphatic carboxylic acids is 1. The third-order valence-corrected chi connectivity index (χ3v) is 3.49. The molecule has 6 nitrogen and oxygen atoms in total. The Morgan fingerprint density at radius 3 is 2.33 bits per heavy atom. The van der Waals surface area contributed by atoms with Gasteiger partial charge in [0.25, 0.3) is 0 Å². The molecular weight excluding hydrogens is 234 g/mol. The highest BCUT2D eigenvalue weighted by Crippen LogP contribution is 2.13. The van der Waals surface area contributed by atoms with Crippen LogP contribution in [0.3, 0.4) is 0 Å². The van der Waals surface area contributed by atoms with Crippen molar-refractivity contribution in [2.24, 2.45) is 0 Å². The second kappa shape index (κ2) is 6.58. The van der Waals surface area contributed by atoms with Crippen molar-refractivity contribution in [1.82, 2.24) is 15.1 Å². The third kappa shape index (κ3) is 4.18. The summed E-state index contributed by atoms with van der Waals surface area (Å²) in [5.41, 5.74) is 0. The van der Waals surface area contributed by atoms with Crippen molar-refractivity contribution in [2.75, 3.05) is 26.7 Å². The molecule has 2 atom stereocenters. The molecule has 1 heterocycles. The van der Waals surface area contributed by atoms with Crippen molar-refractivity contribution in [3.05, 3.63) is 0 Å². The first-order valence-electron chi connectivity index (χ1n) is 6.38. The average Bonchev–Trinajstić information content (AvgIpc) is 2.30. The highest BCUT2D eigenvalue weighted by Gasteiger charge is 2.28. The normalized spacial score (nSPS) is 24.9. The quantitative estimate of drug-likeness (QED) is 0.723. The zero-order chi connectivity index (χ0) is 13.7. The van der Waals surface area contributed by atoms with E-state index in [9.17, 15) is 9.59 Å². The first-order valence-corrected chi connectivity index (χ1v) is 6.38. The number of amides is 2. The second-order valence-electron chi connectivity index (χ2n) is 5.00. The van der Waals surface area contributed by atoms with E-state index in [0.29, 0.717) is 38.1 Å². The Hall–Kier alpha value is -1.30. The molecule has 1 aliphatic rings. The van der Waals surface area contributed by atoms with Crippen LogP contribution in [0.4, 0.5) is 4.79 Å². The Kier molecular flexibility index (Phi) is 5.40. The molecule has 0 aromatic rings. The molecule has 2 unspecified atom stereocenters. The van der Waals surface area contributed by atoms with Gasteiger partial charge in [-0.05, 0) is 27.3 Å². The molecule has 18 heavy (non-hydrogen) atoms. The van der Waals surface area contributed by atoms with Crippen molar-refractivity contribution in [1.29, 1.82) is 0 Å². The fourth-order valence-electron chi connectivity index (χ4n) is 2.12. The molecule has 0 aromatic heterocycles. The lowest BCUT2D eigenvalue weighted by atomic mass is 10.1. The molecule has 2 amide bonds. The summed E-state index contributed by atoms with van der Waals surface area (Å²) < 4.78 is 0. The number of carboxylic acids is 1. The van der Waals surface area contributed by atoms with Crippen molar-refractivity contribution >= 4 is 12.0 Å². The van der Waals surface area contributed by atoms with E-state index >= 15 is 0 Å². The standard InChI is InChI=1S/C12H23N3O3/c1-9-7-15(8-10(2)14(9)3)12(18)13-6-4-5-11(16)17/h9-10H,4-8H2,1-3H3,(H,13,18)(H,16,17). The van der Waals surface area contributed by atoms with Crippen LogP contribution in [-0.2, 0) is 4.79 Å². The van der Waals surface area contributed by atoms with Crippen LogP contribution < -0.4 is 5.32 Å². The number of carbonyl (C=O) groups is 2. The van der Waals surface area contributed by atoms with Crippen LogP contribution in [0.2, 0.25) is 0 Å². The highest BCUT2D eigenvalue weighted by molar-refractivity contribution is 5.74. The van der Waals surface area contributed by atoms with Crippen molar-refractivity contribution in [2.45, 2.75) is 38.8 Å². The first kappa shape index (κ1) is 14.8. The number of carbonyl (C=O) groups excluding carboxylic acids is 1. The van der Waals surface area contributed by atoms with E-state index in [0.717, 1.165) is 0 Å². The van der Waals surface area contributed by atoms with E-state index in [2.05, 4.69) is 31.1 Å². The Labute approximate surface area is 108 Å². The summed E-state index contributed by atoms with van der Waals surface area (Å²) in [6.07, 6.45) is 0.565. The number of rotatable bonds is 4. The predicted octanol–water partition coefficient (Wildman–Crippen LogP) is 0.585. The minimum atomic E-state index is -0.828. The second-order valence-corrected chi connectivity index (χ2v) is 5.00. The fourth-order valence-corrected chi connectivity index (χ4v) is 2.12. The number of piperazine rings is 1. The van der Waals surface area contributed by atoms with Gasteiger partial charge >= 0.3 is 12.0 Å². The maximum Gasteiger partial charge on any atom is 0.317 e. The summed E-state index contributed by atoms with van der Waals surface area (Å²) in [4.78, 5) is 26.3. The van der Waals surface area contributed by atoms with Crippen LogP contribution in [0.15, 0.2) is 0 Å². The SMILES string of the molecule is CC1CN(C(=O)NCCCC(=O)O)CC(C)N1C. The zero-order valence-electron chi connectivity index (χ0n) is 11.3. The van der Waals surface area contributed by atoms with Crippen molar-refractivity contribution < 1.29 is 14.7 Å². The molecule has 1 aliphatic heterocycles. The maximum atomic E-state index is 11.9. The van der Waals surface area contributed by atoms with Gasteiger partial charge in [-0.3, -0.25) is 9.69 Å². The number of likely N-dealkylation sites (N-methyl/N-ethyl adjacent to an activating group) is 1. The molecule has 0 bridgehead atoms. The Bertz CT molecular complexity index is 297. The van der Waals surface area contributed by atoms with Gasteiger partial charge < -0.3 is 15.3 Å². The topological polar surface area (TPSA) is 72.9 Å². The molecule has 0 radical (unpaired) electrons. The molecule has 1 saturated heterocycles. The number of nitrogens with zero attached hydrogens (tertiary/aromatic N) is 2. The molecule has 6 heteroatoms. The van der Waals surface area contributed by atoms with E-state index < -0.39 is 5.97 Å². The van der Waals surface area contributed by atoms with Gasteiger partial charge in [-0.2, -0.15) is 0 Å². The van der Waals surface area contributed by atoms with Gasteiger partial charge in [-0.15, -0.1) is 0 Å². The molecular formula is C12H23N3O3. The van der Waals surface area contributed by atoms with Crippen LogP contribution in [0, 0.1) is 0 Å². The Morgan fingerprint density at radius 2 is 1.83 bits per heavy atom. The van der Waals surface area contributed by atoms with Crippen LogP contribution in [-0.4, -0.2) is 65.7 Å². The summed E-state index contributed by atoms with van der Waals surface area (Å²) in [5, 5.41) is 11.3. The van der Waals surface area contributed by atoms with Gasteiger partial charge in [0.2, 0.25) is 0 Å². The summed E-state index contributed by atoms with van der Waals surface area (Å²) in [6.45, 7) is 6.04. The summed E-state index contributed by atoms with van der Waals surface area (Å²) in [5.74, 6) is -0.828. The van der Waals surface area contributed by atoms with E-state index in [-0.39, 0.29) is 12.5 Å². The molecule has 0 aliphatic carbocycles. The summed E-state index contributed by atoms with van der Waals surface area (Å²) in [7, 11) is 2.07. The van der Waals surface area contributed by atoms with Gasteiger partial charge in [0.1, 0.15) is 0 Å². The minimum Gasteiger partial charge on any atom is -0.481 e. The fraction of sp³-hybridized carbons (Fsp3) is 0.833. The number of hydrogen-bond acceptors (Lipinski definition) is 3. The summed E-state index contributed by atoms with van der Waals surface area (Å²) >= 11 is 0. The van der Waals surface area contributed by atoms with E-state index in [1.165, 1.54) is 0 Å². The first-order chi connectivity index (χ1) is 8.41. The third-order valence-electron chi connectivity index (χ3n) is 3.49. The molecule has 1 fully saturated rings. The Morgan fingerprint density at radius 1 is 1.28 bits per heavy atom. The van der Waals surface area contributed by atoms with E-state index in [1.807, 2.05) is 0 Å². The molecule has 1 rings (SSSR count). The number of nitrogens with one attached hydrogen (secondary N) is 1. The predicted molar refractivity (Wildman–Crippen MR) is 68.5 cm³/mol. The molecule has 0 aromatic carbocycles. The van der Waals surface area contributed by atoms with Gasteiger partial charge in [0, 0.05) is 38.1 Å². The zero-order valence-corrected chi connectivity index (χ0v) is 11.3. The van der Waals surface area contributed by atoms with E-state index in [4.69, 9.17) is 5.11 Å². The monoisotopic (exact) mass is 257 g/mol. The minimum absolute atomic E-state index is 0.0906. The van der Waals surface area contributed by atoms with Crippen LogP contribution >= 0.6 is 0 Å². The number of urea groups is 1. The average molecular weight is 257 g/mol. The number of carboxylic acid groups (broad SMARTS) is 1. The largest absolute Gasteiger partial charge is 0.481 e.